The predicted molar refractivity (Wildman–Crippen MR) is 129 cm³/mol. The van der Waals surface area contributed by atoms with E-state index in [1.165, 1.54) is 4.90 Å². The molecule has 3 unspecified atom stereocenters. The third kappa shape index (κ3) is 4.04. The lowest BCUT2D eigenvalue weighted by molar-refractivity contribution is -0.162. The number of amides is 2. The van der Waals surface area contributed by atoms with Gasteiger partial charge in [-0.1, -0.05) is 51.1 Å². The number of hydrogen-bond acceptors (Lipinski definition) is 6. The Kier molecular flexibility index (Phi) is 6.99. The summed E-state index contributed by atoms with van der Waals surface area (Å²) in [6.07, 6.45) is 1.01. The molecule has 192 valence electrons. The number of esters is 1. The van der Waals surface area contributed by atoms with Gasteiger partial charge in [0.1, 0.15) is 17.6 Å². The van der Waals surface area contributed by atoms with Gasteiger partial charge in [0.2, 0.25) is 11.8 Å². The molecule has 3 saturated heterocycles. The number of carbonyl (C=O) groups is 3. The van der Waals surface area contributed by atoms with Gasteiger partial charge in [-0.25, -0.2) is 0 Å². The van der Waals surface area contributed by atoms with E-state index in [2.05, 4.69) is 5.32 Å². The van der Waals surface area contributed by atoms with Crippen LogP contribution in [-0.4, -0.2) is 64.3 Å². The van der Waals surface area contributed by atoms with E-state index in [1.54, 1.807) is 6.92 Å². The summed E-state index contributed by atoms with van der Waals surface area (Å²) in [5.41, 5.74) is -1.11. The number of hydrogen-bond donors (Lipinski definition) is 2. The van der Waals surface area contributed by atoms with E-state index in [0.717, 1.165) is 5.56 Å². The first-order valence-electron chi connectivity index (χ1n) is 12.7. The first kappa shape index (κ1) is 25.6. The van der Waals surface area contributed by atoms with Gasteiger partial charge >= 0.3 is 5.97 Å². The molecule has 2 bridgehead atoms. The Bertz CT molecular complexity index is 968. The van der Waals surface area contributed by atoms with Gasteiger partial charge < -0.3 is 24.8 Å². The molecular formula is C27H38N2O6. The number of carbonyl (C=O) groups excluding carboxylic acids is 3. The maximum absolute atomic E-state index is 14.1. The highest BCUT2D eigenvalue weighted by molar-refractivity contribution is 5.98. The van der Waals surface area contributed by atoms with Gasteiger partial charge in [-0.05, 0) is 44.1 Å². The smallest absolute Gasteiger partial charge is 0.312 e. The molecule has 8 nitrogen and oxygen atoms in total. The van der Waals surface area contributed by atoms with Gasteiger partial charge in [-0.3, -0.25) is 14.4 Å². The van der Waals surface area contributed by atoms with E-state index < -0.39 is 41.1 Å². The van der Waals surface area contributed by atoms with Crippen molar-refractivity contribution in [2.45, 2.75) is 77.3 Å². The minimum Gasteiger partial charge on any atom is -0.466 e. The van der Waals surface area contributed by atoms with Crippen LogP contribution in [0.25, 0.3) is 0 Å². The van der Waals surface area contributed by atoms with Crippen LogP contribution in [0.15, 0.2) is 30.3 Å². The highest BCUT2D eigenvalue weighted by Gasteiger charge is 2.80. The van der Waals surface area contributed by atoms with E-state index in [9.17, 15) is 19.5 Å². The Morgan fingerprint density at radius 1 is 1.29 bits per heavy atom. The Morgan fingerprint density at radius 2 is 1.97 bits per heavy atom. The van der Waals surface area contributed by atoms with Crippen molar-refractivity contribution >= 4 is 17.8 Å². The maximum Gasteiger partial charge on any atom is 0.312 e. The van der Waals surface area contributed by atoms with Gasteiger partial charge in [0.25, 0.3) is 0 Å². The summed E-state index contributed by atoms with van der Waals surface area (Å²) in [7, 11) is 0. The number of aliphatic hydroxyl groups is 1. The van der Waals surface area contributed by atoms with Crippen LogP contribution in [-0.2, 0) is 30.4 Å². The summed E-state index contributed by atoms with van der Waals surface area (Å²) in [6, 6.07) is 8.07. The van der Waals surface area contributed by atoms with Crippen molar-refractivity contribution in [1.29, 1.82) is 0 Å². The van der Waals surface area contributed by atoms with E-state index in [0.29, 0.717) is 19.4 Å². The van der Waals surface area contributed by atoms with Crippen LogP contribution in [0.2, 0.25) is 0 Å². The highest BCUT2D eigenvalue weighted by atomic mass is 16.6. The molecular weight excluding hydrogens is 448 g/mol. The summed E-state index contributed by atoms with van der Waals surface area (Å²) in [6.45, 7) is 9.86. The largest absolute Gasteiger partial charge is 0.466 e. The Morgan fingerprint density at radius 3 is 2.57 bits per heavy atom. The first-order valence-corrected chi connectivity index (χ1v) is 12.7. The molecule has 3 fully saturated rings. The number of likely N-dealkylation sites (tertiary alicyclic amines) is 1. The quantitative estimate of drug-likeness (QED) is 0.519. The zero-order valence-corrected chi connectivity index (χ0v) is 21.3. The van der Waals surface area contributed by atoms with E-state index >= 15 is 0 Å². The fourth-order valence-electron chi connectivity index (χ4n) is 6.66. The van der Waals surface area contributed by atoms with Crippen LogP contribution in [0.4, 0.5) is 0 Å². The van der Waals surface area contributed by atoms with Crippen molar-refractivity contribution in [2.24, 2.45) is 23.7 Å². The first-order chi connectivity index (χ1) is 16.6. The molecule has 35 heavy (non-hydrogen) atoms. The van der Waals surface area contributed by atoms with Gasteiger partial charge in [0.05, 0.1) is 30.8 Å². The Labute approximate surface area is 207 Å². The second kappa shape index (κ2) is 9.54. The lowest BCUT2D eigenvalue weighted by Gasteiger charge is -2.37. The van der Waals surface area contributed by atoms with Crippen molar-refractivity contribution < 1.29 is 29.0 Å². The molecule has 1 spiro atoms. The number of benzene rings is 1. The molecule has 0 radical (unpaired) electrons. The van der Waals surface area contributed by atoms with Crippen molar-refractivity contribution in [3.63, 3.8) is 0 Å². The van der Waals surface area contributed by atoms with Gasteiger partial charge in [0, 0.05) is 6.54 Å². The van der Waals surface area contributed by atoms with Crippen LogP contribution < -0.4 is 5.32 Å². The molecule has 2 N–H and O–H groups in total. The molecule has 3 aliphatic heterocycles. The molecule has 1 aromatic carbocycles. The third-order valence-corrected chi connectivity index (χ3v) is 8.20. The number of aliphatic hydroxyl groups excluding tert-OH is 1. The summed E-state index contributed by atoms with van der Waals surface area (Å²) < 4.78 is 12.0. The van der Waals surface area contributed by atoms with Crippen LogP contribution in [0.1, 0.15) is 53.0 Å². The fourth-order valence-corrected chi connectivity index (χ4v) is 6.66. The van der Waals surface area contributed by atoms with Crippen LogP contribution in [0, 0.1) is 23.7 Å². The summed E-state index contributed by atoms with van der Waals surface area (Å²) in [4.78, 5) is 42.6. The maximum atomic E-state index is 14.1. The minimum absolute atomic E-state index is 0.0528. The SMILES string of the molecule is CCOC(=O)[C@H]1[C@H]2C(=O)N([C@@H](CO)CC(C)C)C(C(=O)NCc3ccccc3)C23CC(C)[C@]1(C)O3. The van der Waals surface area contributed by atoms with Crippen molar-refractivity contribution in [1.82, 2.24) is 10.2 Å². The number of fused-ring (bicyclic) bond motifs is 1. The normalized spacial score (nSPS) is 34.3. The topological polar surface area (TPSA) is 105 Å². The van der Waals surface area contributed by atoms with E-state index in [4.69, 9.17) is 9.47 Å². The second-order valence-corrected chi connectivity index (χ2v) is 10.9. The number of nitrogens with one attached hydrogen (secondary N) is 1. The standard InChI is InChI=1S/C27H38N2O6/c1-6-34-25(33)21-20-24(32)29(19(15-30)12-16(2)3)22(27(20)13-17(4)26(21,5)35-27)23(31)28-14-18-10-8-7-9-11-18/h7-11,16-17,19-22,30H,6,12-15H2,1-5H3,(H,28,31)/t17?,19-,20+,21-,22?,26+,27?/m1/s1. The molecule has 8 heteroatoms. The third-order valence-electron chi connectivity index (χ3n) is 8.20. The van der Waals surface area contributed by atoms with Crippen molar-refractivity contribution in [3.05, 3.63) is 35.9 Å². The van der Waals surface area contributed by atoms with Gasteiger partial charge in [-0.2, -0.15) is 0 Å². The molecule has 4 rings (SSSR count). The molecule has 0 aromatic heterocycles. The monoisotopic (exact) mass is 486 g/mol. The van der Waals surface area contributed by atoms with Crippen LogP contribution in [0.3, 0.4) is 0 Å². The second-order valence-electron chi connectivity index (χ2n) is 10.9. The van der Waals surface area contributed by atoms with Crippen LogP contribution in [0.5, 0.6) is 0 Å². The van der Waals surface area contributed by atoms with Crippen LogP contribution >= 0.6 is 0 Å². The lowest BCUT2D eigenvalue weighted by Crippen LogP contribution is -2.58. The molecule has 3 heterocycles. The summed E-state index contributed by atoms with van der Waals surface area (Å²) >= 11 is 0. The average Bonchev–Trinajstić information content (AvgIpc) is 3.33. The lowest BCUT2D eigenvalue weighted by atomic mass is 9.62. The van der Waals surface area contributed by atoms with Crippen molar-refractivity contribution in [3.8, 4) is 0 Å². The zero-order valence-electron chi connectivity index (χ0n) is 21.3. The Balaban J connectivity index is 1.75. The number of nitrogens with zero attached hydrogens (tertiary/aromatic N) is 1. The molecule has 3 aliphatic rings. The number of rotatable bonds is 9. The highest BCUT2D eigenvalue weighted by Crippen LogP contribution is 2.65. The zero-order chi connectivity index (χ0) is 25.5. The van der Waals surface area contributed by atoms with Gasteiger partial charge in [-0.15, -0.1) is 0 Å². The molecule has 0 saturated carbocycles. The molecule has 7 atom stereocenters. The summed E-state index contributed by atoms with van der Waals surface area (Å²) in [5, 5.41) is 13.3. The fraction of sp³-hybridized carbons (Fsp3) is 0.667. The predicted octanol–water partition coefficient (Wildman–Crippen LogP) is 2.28. The Hall–Kier alpha value is -2.45. The summed E-state index contributed by atoms with van der Waals surface area (Å²) in [5.74, 6) is -2.57. The molecule has 1 aromatic rings. The van der Waals surface area contributed by atoms with Gasteiger partial charge in [0.15, 0.2) is 0 Å². The van der Waals surface area contributed by atoms with E-state index in [1.807, 2.05) is 58.0 Å². The molecule has 0 aliphatic carbocycles. The van der Waals surface area contributed by atoms with E-state index in [-0.39, 0.29) is 36.9 Å². The average molecular weight is 487 g/mol. The minimum atomic E-state index is -1.14. The molecule has 2 amide bonds. The van der Waals surface area contributed by atoms with Crippen molar-refractivity contribution in [2.75, 3.05) is 13.2 Å². The number of ether oxygens (including phenoxy) is 2.